The number of rotatable bonds is 7. The monoisotopic (exact) mass is 353 g/mol. The molecule has 0 aliphatic carbocycles. The summed E-state index contributed by atoms with van der Waals surface area (Å²) in [7, 11) is -4.69. The van der Waals surface area contributed by atoms with Gasteiger partial charge in [-0.15, -0.1) is 0 Å². The summed E-state index contributed by atoms with van der Waals surface area (Å²) >= 11 is 0. The molecule has 0 aromatic rings. The second-order valence-corrected chi connectivity index (χ2v) is 4.24. The van der Waals surface area contributed by atoms with E-state index in [1.54, 1.807) is 0 Å². The quantitative estimate of drug-likeness (QED) is 0.478. The minimum Gasteiger partial charge on any atom is -0.412 e. The van der Waals surface area contributed by atoms with Gasteiger partial charge in [-0.1, -0.05) is 27.7 Å². The van der Waals surface area contributed by atoms with Crippen molar-refractivity contribution in [2.45, 2.75) is 27.7 Å². The summed E-state index contributed by atoms with van der Waals surface area (Å²) in [6.07, 6.45) is 0. The molecule has 0 heterocycles. The van der Waals surface area contributed by atoms with Gasteiger partial charge in [-0.3, -0.25) is 0 Å². The molecule has 0 amide bonds. The van der Waals surface area contributed by atoms with Crippen LogP contribution in [0.3, 0.4) is 0 Å². The van der Waals surface area contributed by atoms with Crippen molar-refractivity contribution in [2.24, 2.45) is 0 Å². The third-order valence-electron chi connectivity index (χ3n) is 2.52. The van der Waals surface area contributed by atoms with Crippen molar-refractivity contribution in [1.29, 1.82) is 0 Å². The van der Waals surface area contributed by atoms with Crippen molar-refractivity contribution >= 4 is 0 Å². The topological polar surface area (TPSA) is 127 Å². The van der Waals surface area contributed by atoms with Crippen LogP contribution in [0.1, 0.15) is 27.7 Å². The van der Waals surface area contributed by atoms with Gasteiger partial charge in [-0.2, -0.15) is 14.0 Å². The summed E-state index contributed by atoms with van der Waals surface area (Å²) in [6.45, 7) is 16.1. The normalized spacial score (nSPS) is 10.4. The van der Waals surface area contributed by atoms with Gasteiger partial charge in [0, 0.05) is 13.1 Å². The van der Waals surface area contributed by atoms with E-state index in [9.17, 15) is 0 Å². The predicted octanol–water partition coefficient (Wildman–Crippen LogP) is -3.28. The fourth-order valence-electron chi connectivity index (χ4n) is 1.36. The second-order valence-electron chi connectivity index (χ2n) is 3.45. The predicted molar refractivity (Wildman–Crippen MR) is 61.4 cm³/mol. The maximum absolute atomic E-state index is 8.60. The zero-order valence-electron chi connectivity index (χ0n) is 12.0. The zero-order chi connectivity index (χ0) is 13.9. The number of nitrogens with zero attached hydrogens (tertiary/aromatic N) is 2. The molecule has 0 bridgehead atoms. The minimum absolute atomic E-state index is 0. The first-order valence-electron chi connectivity index (χ1n) is 5.86. The van der Waals surface area contributed by atoms with Crippen molar-refractivity contribution < 1.29 is 51.4 Å². The molecule has 123 valence electrons. The van der Waals surface area contributed by atoms with Crippen molar-refractivity contribution in [2.75, 3.05) is 39.3 Å². The molecule has 0 aromatic carbocycles. The third-order valence-corrected chi connectivity index (χ3v) is 2.52. The van der Waals surface area contributed by atoms with Crippen LogP contribution in [0.4, 0.5) is 0 Å². The van der Waals surface area contributed by atoms with Crippen LogP contribution in [0, 0.1) is 10.2 Å². The summed E-state index contributed by atoms with van der Waals surface area (Å²) in [5, 5.41) is 0. The smallest absolute Gasteiger partial charge is 0.412 e. The summed E-state index contributed by atoms with van der Waals surface area (Å²) < 4.78 is 32.7. The van der Waals surface area contributed by atoms with E-state index in [0.717, 1.165) is 0 Å². The number of hydrogen-bond acceptors (Lipinski definition) is 6. The number of likely N-dealkylation sites (N-methyl/N-ethyl adjacent to an activating group) is 2. The molecular weight excluding hydrogens is 327 g/mol. The molecule has 7 nitrogen and oxygen atoms in total. The van der Waals surface area contributed by atoms with E-state index < -0.39 is 10.2 Å². The van der Waals surface area contributed by atoms with E-state index in [1.807, 2.05) is 0 Å². The van der Waals surface area contributed by atoms with Gasteiger partial charge < -0.3 is 15.3 Å². The zero-order valence-corrected chi connectivity index (χ0v) is 13.7. The van der Waals surface area contributed by atoms with Crippen LogP contribution in [0.15, 0.2) is 0 Å². The van der Waals surface area contributed by atoms with Gasteiger partial charge in [0.05, 0.1) is 14.9 Å². The molecule has 0 saturated carbocycles. The van der Waals surface area contributed by atoms with Crippen LogP contribution in [0.5, 0.6) is 0 Å². The van der Waals surface area contributed by atoms with Gasteiger partial charge in [0.25, 0.3) is 0 Å². The minimum atomic E-state index is -4.69. The van der Waals surface area contributed by atoms with E-state index in [1.165, 1.54) is 39.3 Å². The van der Waals surface area contributed by atoms with Gasteiger partial charge in [0.1, 0.15) is 0 Å². The van der Waals surface area contributed by atoms with E-state index in [4.69, 9.17) is 18.6 Å². The molecule has 9 heteroatoms. The second kappa shape index (κ2) is 16.6. The fourth-order valence-corrected chi connectivity index (χ4v) is 1.36. The molecule has 0 saturated heterocycles. The molecule has 0 fully saturated rings. The standard InChI is InChI=1S/C10H24N2.ClHO4.Cu.H2O/c1-5-11(6-2)9-10-12(7-3)8-4;2-1(3,4)5;;/h5-10H2,1-4H3;(H,2,3,4,5);;1H2/q;;+2;. The first-order valence-corrected chi connectivity index (χ1v) is 7.12. The maximum atomic E-state index is 8.60. The van der Waals surface area contributed by atoms with Crippen LogP contribution in [-0.2, 0) is 17.1 Å². The van der Waals surface area contributed by atoms with Gasteiger partial charge in [-0.05, 0) is 26.2 Å². The van der Waals surface area contributed by atoms with Crippen LogP contribution >= 0.6 is 0 Å². The molecule has 0 atom stereocenters. The Morgan fingerprint density at radius 3 is 1.05 bits per heavy atom. The van der Waals surface area contributed by atoms with Gasteiger partial charge in [0.15, 0.2) is 0 Å². The molecule has 19 heavy (non-hydrogen) atoms. The molecule has 0 rings (SSSR count). The molecule has 0 aromatic heterocycles. The largest absolute Gasteiger partial charge is 2.00 e. The molecule has 1 radical (unpaired) electrons. The Hall–Kier alpha value is 0.529. The SMILES string of the molecule is CCN(CC)CCN(CC)CC.O.[Cu+2].[O-][Cl+3]([O-])([O-])O. The molecule has 0 unspecified atom stereocenters. The van der Waals surface area contributed by atoms with Crippen molar-refractivity contribution in [3.63, 3.8) is 0 Å². The summed E-state index contributed by atoms with van der Waals surface area (Å²) in [4.78, 5) is 4.94. The first kappa shape index (κ1) is 27.8. The van der Waals surface area contributed by atoms with E-state index in [0.29, 0.717) is 0 Å². The summed E-state index contributed by atoms with van der Waals surface area (Å²) in [6, 6.07) is 0. The van der Waals surface area contributed by atoms with Crippen molar-refractivity contribution in [3.05, 3.63) is 0 Å². The average Bonchev–Trinajstić information content (AvgIpc) is 2.22. The van der Waals surface area contributed by atoms with Crippen molar-refractivity contribution in [3.8, 4) is 0 Å². The van der Waals surface area contributed by atoms with Gasteiger partial charge in [-0.25, -0.2) is 0 Å². The Morgan fingerprint density at radius 2 is 0.947 bits per heavy atom. The van der Waals surface area contributed by atoms with E-state index >= 15 is 0 Å². The average molecular weight is 354 g/mol. The number of halogens is 1. The van der Waals surface area contributed by atoms with Crippen LogP contribution in [-0.4, -0.2) is 59.2 Å². The van der Waals surface area contributed by atoms with Gasteiger partial charge >= 0.3 is 17.1 Å². The Morgan fingerprint density at radius 1 is 0.789 bits per heavy atom. The molecule has 0 spiro atoms. The Balaban J connectivity index is -0.000000139. The Kier molecular flexibility index (Phi) is 24.3. The van der Waals surface area contributed by atoms with Gasteiger partial charge in [0.2, 0.25) is 0 Å². The molecular formula is C10H27ClCuN2O5+2. The maximum Gasteiger partial charge on any atom is 2.00 e. The molecule has 0 aliphatic heterocycles. The van der Waals surface area contributed by atoms with Crippen molar-refractivity contribution in [1.82, 2.24) is 9.80 Å². The van der Waals surface area contributed by atoms with E-state index in [2.05, 4.69) is 37.5 Å². The summed E-state index contributed by atoms with van der Waals surface area (Å²) in [5.41, 5.74) is 0. The first-order chi connectivity index (χ1) is 7.78. The Bertz CT molecular complexity index is 148. The summed E-state index contributed by atoms with van der Waals surface area (Å²) in [5.74, 6) is 0. The third kappa shape index (κ3) is 27.7. The van der Waals surface area contributed by atoms with E-state index in [-0.39, 0.29) is 22.5 Å². The molecule has 0 aliphatic rings. The Labute approximate surface area is 128 Å². The molecule has 3 N–H and O–H groups in total. The number of hydrogen-bond donors (Lipinski definition) is 1. The van der Waals surface area contributed by atoms with Crippen LogP contribution in [0.2, 0.25) is 0 Å². The fraction of sp³-hybridized carbons (Fsp3) is 1.00. The van der Waals surface area contributed by atoms with Crippen LogP contribution in [0.25, 0.3) is 0 Å². The van der Waals surface area contributed by atoms with Crippen LogP contribution < -0.4 is 14.0 Å².